The predicted molar refractivity (Wildman–Crippen MR) is 132 cm³/mol. The van der Waals surface area contributed by atoms with Crippen molar-refractivity contribution in [3.05, 3.63) is 35.6 Å². The van der Waals surface area contributed by atoms with E-state index < -0.39 is 6.10 Å². The fourth-order valence-corrected chi connectivity index (χ4v) is 3.75. The van der Waals surface area contributed by atoms with E-state index in [4.69, 9.17) is 9.26 Å². The smallest absolute Gasteiger partial charge is 0.305 e. The van der Waals surface area contributed by atoms with Gasteiger partial charge in [0.15, 0.2) is 0 Å². The number of aliphatic hydroxyl groups is 1. The van der Waals surface area contributed by atoms with Crippen molar-refractivity contribution in [1.29, 1.82) is 0 Å². The third kappa shape index (κ3) is 8.40. The number of carbonyl (C=O) groups excluding carboxylic acids is 1. The number of nitrogens with zero attached hydrogens (tertiary/aromatic N) is 3. The molecule has 1 aromatic carbocycles. The lowest BCUT2D eigenvalue weighted by Gasteiger charge is -2.27. The van der Waals surface area contributed by atoms with Gasteiger partial charge in [-0.05, 0) is 63.4 Å². The molecule has 0 bridgehead atoms. The fraction of sp³-hybridized carbons (Fsp3) is 0.615. The Morgan fingerprint density at radius 2 is 1.85 bits per heavy atom. The van der Waals surface area contributed by atoms with Gasteiger partial charge < -0.3 is 19.3 Å². The quantitative estimate of drug-likeness (QED) is 0.366. The minimum absolute atomic E-state index is 0.0334. The standard InChI is InChI=1S/C26H40FN3O4/c1-6-9-24(32)33-18-22(31)16-29(15-14-19(4)5)17-23-25(20-10-12-21(27)13-11-20)28-34-26(23)30(7-2)8-3/h10-13,19,22,31H,6-9,14-18H2,1-5H3. The Bertz CT molecular complexity index is 865. The van der Waals surface area contributed by atoms with Gasteiger partial charge in [-0.25, -0.2) is 4.39 Å². The van der Waals surface area contributed by atoms with Gasteiger partial charge in [0.25, 0.3) is 0 Å². The van der Waals surface area contributed by atoms with Crippen LogP contribution in [0.15, 0.2) is 28.8 Å². The Morgan fingerprint density at radius 3 is 2.44 bits per heavy atom. The second-order valence-electron chi connectivity index (χ2n) is 9.00. The maximum atomic E-state index is 13.5. The minimum atomic E-state index is -0.806. The van der Waals surface area contributed by atoms with E-state index in [1.807, 2.05) is 6.92 Å². The van der Waals surface area contributed by atoms with Crippen LogP contribution in [0.4, 0.5) is 10.3 Å². The Hall–Kier alpha value is -2.45. The van der Waals surface area contributed by atoms with Crippen LogP contribution in [0.25, 0.3) is 11.3 Å². The maximum absolute atomic E-state index is 13.5. The number of ether oxygens (including phenoxy) is 1. The van der Waals surface area contributed by atoms with Gasteiger partial charge in [0.1, 0.15) is 24.2 Å². The molecule has 1 unspecified atom stereocenters. The van der Waals surface area contributed by atoms with Gasteiger partial charge >= 0.3 is 5.97 Å². The van der Waals surface area contributed by atoms with Crippen LogP contribution in [0.2, 0.25) is 0 Å². The molecule has 34 heavy (non-hydrogen) atoms. The Labute approximate surface area is 202 Å². The minimum Gasteiger partial charge on any atom is -0.463 e. The normalized spacial score (nSPS) is 12.4. The van der Waals surface area contributed by atoms with Crippen LogP contribution in [0.3, 0.4) is 0 Å². The number of aliphatic hydroxyl groups excluding tert-OH is 1. The molecule has 1 aromatic heterocycles. The Morgan fingerprint density at radius 1 is 1.18 bits per heavy atom. The zero-order valence-corrected chi connectivity index (χ0v) is 21.2. The van der Waals surface area contributed by atoms with Crippen LogP contribution in [-0.4, -0.2) is 60.0 Å². The van der Waals surface area contributed by atoms with E-state index in [2.05, 4.69) is 42.7 Å². The molecule has 2 rings (SSSR count). The molecule has 0 aliphatic carbocycles. The lowest BCUT2D eigenvalue weighted by molar-refractivity contribution is -0.147. The summed E-state index contributed by atoms with van der Waals surface area (Å²) in [5, 5.41) is 15.0. The molecule has 190 valence electrons. The molecule has 1 heterocycles. The summed E-state index contributed by atoms with van der Waals surface area (Å²) in [5.74, 6) is 0.569. The van der Waals surface area contributed by atoms with Crippen molar-refractivity contribution in [2.75, 3.05) is 37.7 Å². The van der Waals surface area contributed by atoms with E-state index in [-0.39, 0.29) is 18.4 Å². The third-order valence-electron chi connectivity index (χ3n) is 5.70. The largest absolute Gasteiger partial charge is 0.463 e. The molecule has 0 aliphatic heterocycles. The topological polar surface area (TPSA) is 79.0 Å². The summed E-state index contributed by atoms with van der Waals surface area (Å²) in [6, 6.07) is 6.22. The van der Waals surface area contributed by atoms with Crippen LogP contribution in [-0.2, 0) is 16.1 Å². The average molecular weight is 478 g/mol. The molecule has 0 radical (unpaired) electrons. The van der Waals surface area contributed by atoms with Crippen LogP contribution in [0.5, 0.6) is 0 Å². The van der Waals surface area contributed by atoms with Crippen molar-refractivity contribution in [2.24, 2.45) is 5.92 Å². The van der Waals surface area contributed by atoms with Crippen molar-refractivity contribution in [3.8, 4) is 11.3 Å². The molecule has 0 saturated carbocycles. The van der Waals surface area contributed by atoms with Gasteiger partial charge in [-0.15, -0.1) is 0 Å². The first-order chi connectivity index (χ1) is 16.3. The van der Waals surface area contributed by atoms with Crippen molar-refractivity contribution < 1.29 is 23.6 Å². The van der Waals surface area contributed by atoms with Crippen molar-refractivity contribution in [3.63, 3.8) is 0 Å². The number of rotatable bonds is 15. The number of hydrogen-bond donors (Lipinski definition) is 1. The first-order valence-corrected chi connectivity index (χ1v) is 12.3. The first kappa shape index (κ1) is 27.8. The van der Waals surface area contributed by atoms with E-state index in [0.717, 1.165) is 37.2 Å². The molecule has 7 nitrogen and oxygen atoms in total. The summed E-state index contributed by atoms with van der Waals surface area (Å²) in [6.45, 7) is 13.4. The van der Waals surface area contributed by atoms with Crippen LogP contribution in [0, 0.1) is 11.7 Å². The highest BCUT2D eigenvalue weighted by Gasteiger charge is 2.25. The summed E-state index contributed by atoms with van der Waals surface area (Å²) in [6.07, 6.45) is 1.20. The van der Waals surface area contributed by atoms with Crippen LogP contribution < -0.4 is 4.90 Å². The highest BCUT2D eigenvalue weighted by atomic mass is 19.1. The number of hydrogen-bond acceptors (Lipinski definition) is 7. The molecule has 0 aliphatic rings. The highest BCUT2D eigenvalue weighted by Crippen LogP contribution is 2.33. The van der Waals surface area contributed by atoms with Crippen LogP contribution >= 0.6 is 0 Å². The van der Waals surface area contributed by atoms with Crippen molar-refractivity contribution in [1.82, 2.24) is 10.1 Å². The number of benzene rings is 1. The van der Waals surface area contributed by atoms with Gasteiger partial charge in [-0.1, -0.05) is 25.9 Å². The molecule has 0 amide bonds. The summed E-state index contributed by atoms with van der Waals surface area (Å²) in [5.41, 5.74) is 2.34. The highest BCUT2D eigenvalue weighted by molar-refractivity contribution is 5.69. The summed E-state index contributed by atoms with van der Waals surface area (Å²) >= 11 is 0. The number of aromatic nitrogens is 1. The second kappa shape index (κ2) is 14.1. The fourth-order valence-electron chi connectivity index (χ4n) is 3.75. The molecular weight excluding hydrogens is 437 g/mol. The monoisotopic (exact) mass is 477 g/mol. The van der Waals surface area contributed by atoms with Gasteiger partial charge in [0.2, 0.25) is 5.88 Å². The summed E-state index contributed by atoms with van der Waals surface area (Å²) in [4.78, 5) is 16.0. The average Bonchev–Trinajstić information content (AvgIpc) is 3.21. The molecule has 1 atom stereocenters. The van der Waals surface area contributed by atoms with E-state index in [9.17, 15) is 14.3 Å². The Balaban J connectivity index is 2.30. The van der Waals surface area contributed by atoms with E-state index in [0.29, 0.717) is 43.4 Å². The summed E-state index contributed by atoms with van der Waals surface area (Å²) in [7, 11) is 0. The van der Waals surface area contributed by atoms with Gasteiger partial charge in [0.05, 0.1) is 5.56 Å². The van der Waals surface area contributed by atoms with Crippen LogP contribution in [0.1, 0.15) is 59.4 Å². The van der Waals surface area contributed by atoms with E-state index in [1.165, 1.54) is 12.1 Å². The Kier molecular flexibility index (Phi) is 11.5. The number of anilines is 1. The van der Waals surface area contributed by atoms with E-state index >= 15 is 0 Å². The molecule has 8 heteroatoms. The van der Waals surface area contributed by atoms with Crippen molar-refractivity contribution in [2.45, 2.75) is 66.5 Å². The maximum Gasteiger partial charge on any atom is 0.305 e. The van der Waals surface area contributed by atoms with Crippen molar-refractivity contribution >= 4 is 11.9 Å². The molecule has 1 N–H and O–H groups in total. The molecule has 2 aromatic rings. The molecule has 0 saturated heterocycles. The van der Waals surface area contributed by atoms with Gasteiger partial charge in [0, 0.05) is 38.2 Å². The lowest BCUT2D eigenvalue weighted by Crippen LogP contribution is -2.36. The first-order valence-electron chi connectivity index (χ1n) is 12.3. The van der Waals surface area contributed by atoms with E-state index in [1.54, 1.807) is 12.1 Å². The third-order valence-corrected chi connectivity index (χ3v) is 5.70. The molecule has 0 spiro atoms. The lowest BCUT2D eigenvalue weighted by atomic mass is 10.1. The van der Waals surface area contributed by atoms with Gasteiger partial charge in [-0.2, -0.15) is 0 Å². The molecular formula is C26H40FN3O4. The number of esters is 1. The number of carbonyl (C=O) groups is 1. The SMILES string of the molecule is CCCC(=O)OCC(O)CN(CCC(C)C)Cc1c(-c2ccc(F)cc2)noc1N(CC)CC. The zero-order valence-electron chi connectivity index (χ0n) is 21.2. The second-order valence-corrected chi connectivity index (χ2v) is 9.00. The molecule has 0 fully saturated rings. The summed E-state index contributed by atoms with van der Waals surface area (Å²) < 4.78 is 24.5. The predicted octanol–water partition coefficient (Wildman–Crippen LogP) is 4.88. The zero-order chi connectivity index (χ0) is 25.1. The van der Waals surface area contributed by atoms with Gasteiger partial charge in [-0.3, -0.25) is 9.69 Å². The number of halogens is 1.